The van der Waals surface area contributed by atoms with Crippen LogP contribution in [0, 0.1) is 17.6 Å². The van der Waals surface area contributed by atoms with E-state index in [1.807, 2.05) is 0 Å². The van der Waals surface area contributed by atoms with E-state index in [1.54, 1.807) is 0 Å². The van der Waals surface area contributed by atoms with Crippen molar-refractivity contribution in [2.24, 2.45) is 5.92 Å². The Balaban J connectivity index is 2.08. The predicted molar refractivity (Wildman–Crippen MR) is 56.0 cm³/mol. The van der Waals surface area contributed by atoms with Crippen LogP contribution in [0.25, 0.3) is 0 Å². The quantitative estimate of drug-likeness (QED) is 0.829. The van der Waals surface area contributed by atoms with E-state index in [0.717, 1.165) is 12.1 Å². The Bertz CT molecular complexity index is 406. The molecule has 1 aromatic carbocycles. The Morgan fingerprint density at radius 3 is 2.81 bits per heavy atom. The largest absolute Gasteiger partial charge is 0.316 e. The van der Waals surface area contributed by atoms with Gasteiger partial charge < -0.3 is 5.32 Å². The molecule has 0 bridgehead atoms. The van der Waals surface area contributed by atoms with Crippen molar-refractivity contribution in [3.05, 3.63) is 35.4 Å². The number of nitrogens with one attached hydrogen (secondary N) is 1. The molecular formula is C12H13F2NO. The Morgan fingerprint density at radius 1 is 1.31 bits per heavy atom. The van der Waals surface area contributed by atoms with Crippen molar-refractivity contribution >= 4 is 5.78 Å². The van der Waals surface area contributed by atoms with Crippen LogP contribution in [0.4, 0.5) is 8.78 Å². The molecule has 1 heterocycles. The lowest BCUT2D eigenvalue weighted by atomic mass is 9.91. The van der Waals surface area contributed by atoms with Gasteiger partial charge in [0.25, 0.3) is 0 Å². The summed E-state index contributed by atoms with van der Waals surface area (Å²) < 4.78 is 25.7. The third-order valence-corrected chi connectivity index (χ3v) is 2.86. The number of hydrogen-bond acceptors (Lipinski definition) is 2. The van der Waals surface area contributed by atoms with Crippen LogP contribution in [0.15, 0.2) is 18.2 Å². The highest BCUT2D eigenvalue weighted by Gasteiger charge is 2.22. The third-order valence-electron chi connectivity index (χ3n) is 2.86. The summed E-state index contributed by atoms with van der Waals surface area (Å²) >= 11 is 0. The van der Waals surface area contributed by atoms with Gasteiger partial charge in [-0.15, -0.1) is 0 Å². The number of piperidine rings is 1. The highest BCUT2D eigenvalue weighted by Crippen LogP contribution is 2.16. The first kappa shape index (κ1) is 11.2. The fourth-order valence-electron chi connectivity index (χ4n) is 1.94. The number of hydrogen-bond donors (Lipinski definition) is 1. The summed E-state index contributed by atoms with van der Waals surface area (Å²) in [5.74, 6) is -1.62. The van der Waals surface area contributed by atoms with E-state index in [4.69, 9.17) is 0 Å². The molecule has 1 fully saturated rings. The van der Waals surface area contributed by atoms with Crippen molar-refractivity contribution in [1.29, 1.82) is 0 Å². The lowest BCUT2D eigenvalue weighted by molar-refractivity contribution is -0.123. The summed E-state index contributed by atoms with van der Waals surface area (Å²) in [6, 6.07) is 3.79. The highest BCUT2D eigenvalue weighted by molar-refractivity contribution is 5.82. The monoisotopic (exact) mass is 225 g/mol. The number of benzene rings is 1. The van der Waals surface area contributed by atoms with Gasteiger partial charge in [0.05, 0.1) is 0 Å². The van der Waals surface area contributed by atoms with Crippen LogP contribution >= 0.6 is 0 Å². The summed E-state index contributed by atoms with van der Waals surface area (Å²) in [5, 5.41) is 3.12. The molecule has 0 aromatic heterocycles. The molecule has 1 unspecified atom stereocenters. The fraction of sp³-hybridized carbons (Fsp3) is 0.417. The molecule has 1 aliphatic heterocycles. The Labute approximate surface area is 92.7 Å². The topological polar surface area (TPSA) is 29.1 Å². The lowest BCUT2D eigenvalue weighted by Gasteiger charge is -2.21. The molecule has 0 radical (unpaired) electrons. The molecule has 1 aromatic rings. The minimum absolute atomic E-state index is 0.112. The summed E-state index contributed by atoms with van der Waals surface area (Å²) in [5.41, 5.74) is 0.668. The SMILES string of the molecule is O=C1CCNCC1Cc1ccc(F)c(F)c1. The highest BCUT2D eigenvalue weighted by atomic mass is 19.2. The summed E-state index contributed by atoms with van der Waals surface area (Å²) in [7, 11) is 0. The first-order chi connectivity index (χ1) is 7.66. The second-order valence-corrected chi connectivity index (χ2v) is 4.07. The Kier molecular flexibility index (Phi) is 3.29. The van der Waals surface area contributed by atoms with E-state index < -0.39 is 11.6 Å². The molecule has 1 N–H and O–H groups in total. The van der Waals surface area contributed by atoms with Gasteiger partial charge in [-0.3, -0.25) is 4.79 Å². The van der Waals surface area contributed by atoms with Crippen LogP contribution in [-0.2, 0) is 11.2 Å². The van der Waals surface area contributed by atoms with Crippen LogP contribution in [0.2, 0.25) is 0 Å². The van der Waals surface area contributed by atoms with E-state index in [9.17, 15) is 13.6 Å². The van der Waals surface area contributed by atoms with Crippen molar-refractivity contribution in [2.45, 2.75) is 12.8 Å². The molecule has 1 saturated heterocycles. The molecule has 0 amide bonds. The average molecular weight is 225 g/mol. The summed E-state index contributed by atoms with van der Waals surface area (Å²) in [6.45, 7) is 1.34. The fourth-order valence-corrected chi connectivity index (χ4v) is 1.94. The van der Waals surface area contributed by atoms with Crippen LogP contribution in [0.5, 0.6) is 0 Å². The second kappa shape index (κ2) is 4.70. The smallest absolute Gasteiger partial charge is 0.159 e. The zero-order valence-electron chi connectivity index (χ0n) is 8.80. The number of carbonyl (C=O) groups excluding carboxylic acids is 1. The molecular weight excluding hydrogens is 212 g/mol. The maximum Gasteiger partial charge on any atom is 0.159 e. The van der Waals surface area contributed by atoms with Crippen molar-refractivity contribution < 1.29 is 13.6 Å². The van der Waals surface area contributed by atoms with Crippen LogP contribution in [0.3, 0.4) is 0 Å². The summed E-state index contributed by atoms with van der Waals surface area (Å²) in [6.07, 6.45) is 0.997. The first-order valence-corrected chi connectivity index (χ1v) is 5.34. The molecule has 0 saturated carbocycles. The Hall–Kier alpha value is -1.29. The number of ketones is 1. The minimum atomic E-state index is -0.853. The van der Waals surface area contributed by atoms with Crippen molar-refractivity contribution in [3.63, 3.8) is 0 Å². The van der Waals surface area contributed by atoms with Crippen LogP contribution in [0.1, 0.15) is 12.0 Å². The zero-order chi connectivity index (χ0) is 11.5. The maximum absolute atomic E-state index is 13.0. The number of halogens is 2. The molecule has 0 spiro atoms. The molecule has 16 heavy (non-hydrogen) atoms. The normalized spacial score (nSPS) is 21.1. The molecule has 1 atom stereocenters. The third kappa shape index (κ3) is 2.44. The van der Waals surface area contributed by atoms with E-state index in [0.29, 0.717) is 31.5 Å². The van der Waals surface area contributed by atoms with Gasteiger partial charge in [0.15, 0.2) is 11.6 Å². The Morgan fingerprint density at radius 2 is 2.12 bits per heavy atom. The van der Waals surface area contributed by atoms with E-state index in [2.05, 4.69) is 5.32 Å². The van der Waals surface area contributed by atoms with Gasteiger partial charge in [0.1, 0.15) is 5.78 Å². The van der Waals surface area contributed by atoms with E-state index in [1.165, 1.54) is 6.07 Å². The summed E-state index contributed by atoms with van der Waals surface area (Å²) in [4.78, 5) is 11.5. The van der Waals surface area contributed by atoms with Gasteiger partial charge in [0, 0.05) is 25.4 Å². The molecule has 4 heteroatoms. The number of carbonyl (C=O) groups is 1. The second-order valence-electron chi connectivity index (χ2n) is 4.07. The molecule has 0 aliphatic carbocycles. The first-order valence-electron chi connectivity index (χ1n) is 5.34. The van der Waals surface area contributed by atoms with Gasteiger partial charge in [-0.2, -0.15) is 0 Å². The molecule has 2 nitrogen and oxygen atoms in total. The van der Waals surface area contributed by atoms with Crippen LogP contribution in [-0.4, -0.2) is 18.9 Å². The molecule has 2 rings (SSSR count). The standard InChI is InChI=1S/C12H13F2NO/c13-10-2-1-8(6-11(10)14)5-9-7-15-4-3-12(9)16/h1-2,6,9,15H,3-5,7H2. The van der Waals surface area contributed by atoms with Gasteiger partial charge in [0.2, 0.25) is 0 Å². The van der Waals surface area contributed by atoms with Gasteiger partial charge >= 0.3 is 0 Å². The maximum atomic E-state index is 13.0. The molecule has 86 valence electrons. The lowest BCUT2D eigenvalue weighted by Crippen LogP contribution is -2.37. The van der Waals surface area contributed by atoms with E-state index >= 15 is 0 Å². The van der Waals surface area contributed by atoms with Crippen molar-refractivity contribution in [3.8, 4) is 0 Å². The van der Waals surface area contributed by atoms with Gasteiger partial charge in [-0.05, 0) is 24.1 Å². The zero-order valence-corrected chi connectivity index (χ0v) is 8.80. The number of Topliss-reactive ketones (excluding diaryl/α,β-unsaturated/α-hetero) is 1. The van der Waals surface area contributed by atoms with Gasteiger partial charge in [-0.25, -0.2) is 8.78 Å². The minimum Gasteiger partial charge on any atom is -0.316 e. The van der Waals surface area contributed by atoms with Crippen molar-refractivity contribution in [1.82, 2.24) is 5.32 Å². The van der Waals surface area contributed by atoms with E-state index in [-0.39, 0.29) is 11.7 Å². The predicted octanol–water partition coefficient (Wildman–Crippen LogP) is 1.69. The average Bonchev–Trinajstić information content (AvgIpc) is 2.27. The van der Waals surface area contributed by atoms with Crippen molar-refractivity contribution in [2.75, 3.05) is 13.1 Å². The van der Waals surface area contributed by atoms with Crippen LogP contribution < -0.4 is 5.32 Å². The van der Waals surface area contributed by atoms with Gasteiger partial charge in [-0.1, -0.05) is 6.07 Å². The number of rotatable bonds is 2. The molecule has 1 aliphatic rings.